The van der Waals surface area contributed by atoms with Crippen LogP contribution >= 0.6 is 11.8 Å². The van der Waals surface area contributed by atoms with Gasteiger partial charge in [-0.3, -0.25) is 25.5 Å². The van der Waals surface area contributed by atoms with Gasteiger partial charge in [-0.2, -0.15) is 0 Å². The summed E-state index contributed by atoms with van der Waals surface area (Å²) in [6, 6.07) is 7.37. The van der Waals surface area contributed by atoms with Crippen molar-refractivity contribution in [2.45, 2.75) is 12.1 Å². The third kappa shape index (κ3) is 4.48. The first kappa shape index (κ1) is 15.8. The van der Waals surface area contributed by atoms with Crippen LogP contribution in [0.4, 0.5) is 0 Å². The molecule has 116 valence electrons. The molecule has 1 aromatic carbocycles. The maximum atomic E-state index is 11.4. The number of rotatable bonds is 5. The fraction of sp³-hybridized carbons (Fsp3) is 0.231. The number of amides is 2. The molecule has 0 saturated heterocycles. The predicted octanol–water partition coefficient (Wildman–Crippen LogP) is 0.740. The van der Waals surface area contributed by atoms with Crippen molar-refractivity contribution in [2.75, 3.05) is 12.9 Å². The Kier molecular flexibility index (Phi) is 5.37. The van der Waals surface area contributed by atoms with Crippen LogP contribution in [-0.2, 0) is 9.59 Å². The van der Waals surface area contributed by atoms with Crippen molar-refractivity contribution in [1.29, 1.82) is 0 Å². The lowest BCUT2D eigenvalue weighted by atomic mass is 10.2. The van der Waals surface area contributed by atoms with Gasteiger partial charge in [0, 0.05) is 12.5 Å². The number of aromatic nitrogens is 3. The van der Waals surface area contributed by atoms with Gasteiger partial charge >= 0.3 is 0 Å². The summed E-state index contributed by atoms with van der Waals surface area (Å²) in [5.41, 5.74) is 5.34. The summed E-state index contributed by atoms with van der Waals surface area (Å²) >= 11 is 1.16. The summed E-state index contributed by atoms with van der Waals surface area (Å²) in [4.78, 5) is 26.4. The van der Waals surface area contributed by atoms with E-state index in [-0.39, 0.29) is 17.6 Å². The minimum absolute atomic E-state index is 0.0974. The van der Waals surface area contributed by atoms with Crippen LogP contribution in [-0.4, -0.2) is 39.9 Å². The summed E-state index contributed by atoms with van der Waals surface area (Å²) < 4.78 is 5.09. The standard InChI is InChI=1S/C13H15N5O3S/c1-8(19)15-16-11(20)7-22-13-14-12(17-18-13)9-3-5-10(21-2)6-4-9/h3-6H,7H2,1-2H3,(H,15,19)(H,16,20)(H,14,17,18). The lowest BCUT2D eigenvalue weighted by Gasteiger charge is -2.02. The van der Waals surface area contributed by atoms with E-state index < -0.39 is 0 Å². The Morgan fingerprint density at radius 3 is 2.64 bits per heavy atom. The Labute approximate surface area is 131 Å². The number of hydrogen-bond donors (Lipinski definition) is 3. The first-order chi connectivity index (χ1) is 10.6. The number of thioether (sulfide) groups is 1. The number of H-pyrrole nitrogens is 1. The summed E-state index contributed by atoms with van der Waals surface area (Å²) in [6.45, 7) is 1.31. The van der Waals surface area contributed by atoms with E-state index in [1.54, 1.807) is 7.11 Å². The van der Waals surface area contributed by atoms with Crippen LogP contribution in [0, 0.1) is 0 Å². The fourth-order valence-electron chi connectivity index (χ4n) is 1.51. The molecule has 1 aromatic heterocycles. The van der Waals surface area contributed by atoms with Crippen molar-refractivity contribution in [3.63, 3.8) is 0 Å². The van der Waals surface area contributed by atoms with Gasteiger partial charge in [0.2, 0.25) is 17.0 Å². The van der Waals surface area contributed by atoms with Crippen molar-refractivity contribution >= 4 is 23.6 Å². The van der Waals surface area contributed by atoms with Crippen molar-refractivity contribution in [1.82, 2.24) is 26.0 Å². The molecule has 2 aromatic rings. The largest absolute Gasteiger partial charge is 0.497 e. The predicted molar refractivity (Wildman–Crippen MR) is 81.1 cm³/mol. The monoisotopic (exact) mass is 321 g/mol. The van der Waals surface area contributed by atoms with Crippen LogP contribution in [0.5, 0.6) is 5.75 Å². The van der Waals surface area contributed by atoms with Crippen LogP contribution in [0.15, 0.2) is 29.4 Å². The molecular formula is C13H15N5O3S. The van der Waals surface area contributed by atoms with Crippen LogP contribution in [0.25, 0.3) is 11.4 Å². The van der Waals surface area contributed by atoms with Gasteiger partial charge in [-0.25, -0.2) is 4.98 Å². The molecule has 0 aliphatic rings. The Bertz CT molecular complexity index is 656. The second kappa shape index (κ2) is 7.46. The molecule has 8 nitrogen and oxygen atoms in total. The molecule has 9 heteroatoms. The third-order valence-electron chi connectivity index (χ3n) is 2.54. The summed E-state index contributed by atoms with van der Waals surface area (Å²) in [6.07, 6.45) is 0. The topological polar surface area (TPSA) is 109 Å². The van der Waals surface area contributed by atoms with Gasteiger partial charge in [0.25, 0.3) is 0 Å². The van der Waals surface area contributed by atoms with Crippen molar-refractivity contribution in [3.05, 3.63) is 24.3 Å². The smallest absolute Gasteiger partial charge is 0.248 e. The molecule has 0 bridgehead atoms. The maximum absolute atomic E-state index is 11.4. The minimum Gasteiger partial charge on any atom is -0.497 e. The Morgan fingerprint density at radius 1 is 1.27 bits per heavy atom. The quantitative estimate of drug-likeness (QED) is 0.553. The number of carbonyl (C=O) groups is 2. The number of nitrogens with one attached hydrogen (secondary N) is 3. The highest BCUT2D eigenvalue weighted by Crippen LogP contribution is 2.21. The van der Waals surface area contributed by atoms with Gasteiger partial charge in [0.1, 0.15) is 5.75 Å². The van der Waals surface area contributed by atoms with E-state index in [0.29, 0.717) is 11.0 Å². The van der Waals surface area contributed by atoms with E-state index >= 15 is 0 Å². The molecule has 0 aliphatic carbocycles. The average molecular weight is 321 g/mol. The van der Waals surface area contributed by atoms with E-state index in [1.807, 2.05) is 24.3 Å². The zero-order chi connectivity index (χ0) is 15.9. The van der Waals surface area contributed by atoms with Gasteiger partial charge in [-0.15, -0.1) is 5.10 Å². The van der Waals surface area contributed by atoms with Gasteiger partial charge in [-0.1, -0.05) is 11.8 Å². The van der Waals surface area contributed by atoms with Gasteiger partial charge < -0.3 is 4.74 Å². The van der Waals surface area contributed by atoms with E-state index in [2.05, 4.69) is 26.0 Å². The second-order valence-electron chi connectivity index (χ2n) is 4.21. The SMILES string of the molecule is COc1ccc(-c2nc(SCC(=O)NNC(C)=O)n[nH]2)cc1. The Hall–Kier alpha value is -2.55. The Balaban J connectivity index is 1.90. The number of ether oxygens (including phenoxy) is 1. The molecule has 0 radical (unpaired) electrons. The van der Waals surface area contributed by atoms with Crippen LogP contribution < -0.4 is 15.6 Å². The molecule has 2 rings (SSSR count). The molecule has 0 saturated carbocycles. The normalized spacial score (nSPS) is 10.1. The molecule has 0 unspecified atom stereocenters. The van der Waals surface area contributed by atoms with Crippen molar-refractivity contribution in [3.8, 4) is 17.1 Å². The van der Waals surface area contributed by atoms with E-state index in [1.165, 1.54) is 6.92 Å². The van der Waals surface area contributed by atoms with Crippen LogP contribution in [0.2, 0.25) is 0 Å². The zero-order valence-electron chi connectivity index (χ0n) is 12.0. The van der Waals surface area contributed by atoms with E-state index in [9.17, 15) is 9.59 Å². The molecule has 22 heavy (non-hydrogen) atoms. The molecule has 0 fully saturated rings. The number of methoxy groups -OCH3 is 1. The Morgan fingerprint density at radius 2 is 2.00 bits per heavy atom. The number of hydrogen-bond acceptors (Lipinski definition) is 6. The second-order valence-corrected chi connectivity index (χ2v) is 5.16. The maximum Gasteiger partial charge on any atom is 0.248 e. The van der Waals surface area contributed by atoms with Crippen LogP contribution in [0.3, 0.4) is 0 Å². The number of nitrogens with zero attached hydrogens (tertiary/aromatic N) is 2. The van der Waals surface area contributed by atoms with Gasteiger partial charge in [0.05, 0.1) is 12.9 Å². The summed E-state index contributed by atoms with van der Waals surface area (Å²) in [5.74, 6) is 0.786. The van der Waals surface area contributed by atoms with E-state index in [0.717, 1.165) is 23.1 Å². The number of aromatic amines is 1. The lowest BCUT2D eigenvalue weighted by Crippen LogP contribution is -2.41. The summed E-state index contributed by atoms with van der Waals surface area (Å²) in [5, 5.41) is 7.29. The molecule has 3 N–H and O–H groups in total. The summed E-state index contributed by atoms with van der Waals surface area (Å²) in [7, 11) is 1.60. The minimum atomic E-state index is -0.337. The van der Waals surface area contributed by atoms with Gasteiger partial charge in [-0.05, 0) is 24.3 Å². The van der Waals surface area contributed by atoms with Crippen LogP contribution in [0.1, 0.15) is 6.92 Å². The zero-order valence-corrected chi connectivity index (χ0v) is 12.9. The average Bonchev–Trinajstić information content (AvgIpc) is 3.00. The lowest BCUT2D eigenvalue weighted by molar-refractivity contribution is -0.126. The number of carbonyl (C=O) groups excluding carboxylic acids is 2. The van der Waals surface area contributed by atoms with Gasteiger partial charge in [0.15, 0.2) is 5.82 Å². The first-order valence-electron chi connectivity index (χ1n) is 6.33. The number of benzene rings is 1. The van der Waals surface area contributed by atoms with Crippen molar-refractivity contribution in [2.24, 2.45) is 0 Å². The fourth-order valence-corrected chi connectivity index (χ4v) is 2.11. The molecule has 0 atom stereocenters. The molecule has 2 amide bonds. The third-order valence-corrected chi connectivity index (χ3v) is 3.39. The first-order valence-corrected chi connectivity index (χ1v) is 7.32. The number of hydrazine groups is 1. The molecule has 0 aliphatic heterocycles. The van der Waals surface area contributed by atoms with Crippen molar-refractivity contribution < 1.29 is 14.3 Å². The molecular weight excluding hydrogens is 306 g/mol. The van der Waals surface area contributed by atoms with E-state index in [4.69, 9.17) is 4.74 Å². The molecule has 1 heterocycles. The molecule has 0 spiro atoms. The highest BCUT2D eigenvalue weighted by molar-refractivity contribution is 7.99. The highest BCUT2D eigenvalue weighted by Gasteiger charge is 2.09. The highest BCUT2D eigenvalue weighted by atomic mass is 32.2.